The Bertz CT molecular complexity index is 1220. The normalized spacial score (nSPS) is 16.9. The van der Waals surface area contributed by atoms with Crippen molar-refractivity contribution < 1.29 is 18.3 Å². The van der Waals surface area contributed by atoms with E-state index < -0.39 is 11.9 Å². The summed E-state index contributed by atoms with van der Waals surface area (Å²) in [4.78, 5) is 7.95. The first-order chi connectivity index (χ1) is 17.0. The Hall–Kier alpha value is -3.04. The molecule has 6 nitrogen and oxygen atoms in total. The highest BCUT2D eigenvalue weighted by Gasteiger charge is 2.33. The molecule has 2 aliphatic rings. The van der Waals surface area contributed by atoms with Gasteiger partial charge in [0.25, 0.3) is 5.95 Å². The molecule has 3 aromatic rings. The lowest BCUT2D eigenvalue weighted by atomic mass is 9.86. The Kier molecular flexibility index (Phi) is 7.97. The average Bonchev–Trinajstić information content (AvgIpc) is 2.88. The zero-order valence-electron chi connectivity index (χ0n) is 19.7. The summed E-state index contributed by atoms with van der Waals surface area (Å²) in [7, 11) is 0. The van der Waals surface area contributed by atoms with Gasteiger partial charge in [-0.2, -0.15) is 8.78 Å². The number of aromatic nitrogens is 2. The molecular weight excluding hydrogens is 470 g/mol. The van der Waals surface area contributed by atoms with Crippen LogP contribution >= 0.6 is 11.8 Å². The number of thioether (sulfide) groups is 1. The van der Waals surface area contributed by atoms with Crippen LogP contribution in [-0.2, 0) is 4.74 Å². The van der Waals surface area contributed by atoms with Crippen LogP contribution in [0, 0.1) is 17.3 Å². The van der Waals surface area contributed by atoms with Crippen LogP contribution in [0.2, 0.25) is 0 Å². The average molecular weight is 499 g/mol. The summed E-state index contributed by atoms with van der Waals surface area (Å²) in [6.07, 6.45) is 2.95. The van der Waals surface area contributed by atoms with Crippen LogP contribution in [0.4, 0.5) is 8.78 Å². The van der Waals surface area contributed by atoms with Gasteiger partial charge in [-0.25, -0.2) is 9.97 Å². The summed E-state index contributed by atoms with van der Waals surface area (Å²) in [5.41, 5.74) is 8.75. The van der Waals surface area contributed by atoms with Gasteiger partial charge in [-0.15, -0.1) is 0 Å². The number of nitrogens with one attached hydrogen (secondary N) is 1. The third-order valence-electron chi connectivity index (χ3n) is 6.07. The first-order valence-electron chi connectivity index (χ1n) is 11.7. The highest BCUT2D eigenvalue weighted by Crippen LogP contribution is 2.48. The highest BCUT2D eigenvalue weighted by atomic mass is 32.2. The first-order valence-corrected chi connectivity index (χ1v) is 12.7. The highest BCUT2D eigenvalue weighted by molar-refractivity contribution is 8.13. The number of nitrogens with zero attached hydrogens (tertiary/aromatic N) is 2. The van der Waals surface area contributed by atoms with Crippen molar-refractivity contribution in [3.05, 3.63) is 71.3 Å². The van der Waals surface area contributed by atoms with Gasteiger partial charge >= 0.3 is 0 Å². The summed E-state index contributed by atoms with van der Waals surface area (Å²) < 4.78 is 40.9. The Morgan fingerprint density at radius 1 is 1.11 bits per heavy atom. The third kappa shape index (κ3) is 5.31. The Labute approximate surface area is 207 Å². The standard InChI is InChI=1S/C24H22F2N4O2S.C2H6/c25-22-15(2-1-7-29-22)14-3-4-20-16(10-14)18(12-33-24(27)28)17-11-19(13-5-8-31-9-6-13)30-23(26)21(17)32-20;1-2/h1-4,7,10-11,13,18H,5-6,8-9,12H2,(H3,27,28);1-2H3. The van der Waals surface area contributed by atoms with E-state index in [2.05, 4.69) is 9.97 Å². The minimum atomic E-state index is -0.653. The van der Waals surface area contributed by atoms with Crippen molar-refractivity contribution in [1.82, 2.24) is 9.97 Å². The fraction of sp³-hybridized carbons (Fsp3) is 0.346. The van der Waals surface area contributed by atoms with E-state index >= 15 is 4.39 Å². The van der Waals surface area contributed by atoms with E-state index in [-0.39, 0.29) is 22.8 Å². The van der Waals surface area contributed by atoms with Crippen LogP contribution in [0.1, 0.15) is 55.3 Å². The first kappa shape index (κ1) is 25.1. The van der Waals surface area contributed by atoms with Crippen molar-refractivity contribution >= 4 is 16.9 Å². The minimum Gasteiger partial charge on any atom is -0.452 e. The second-order valence-electron chi connectivity index (χ2n) is 8.07. The number of fused-ring (bicyclic) bond motifs is 2. The van der Waals surface area contributed by atoms with Gasteiger partial charge in [0, 0.05) is 59.4 Å². The molecule has 5 rings (SSSR count). The Morgan fingerprint density at radius 3 is 2.60 bits per heavy atom. The summed E-state index contributed by atoms with van der Waals surface area (Å²) in [6, 6.07) is 10.5. The number of rotatable bonds is 4. The van der Waals surface area contributed by atoms with Gasteiger partial charge < -0.3 is 15.2 Å². The number of ether oxygens (including phenoxy) is 2. The molecule has 0 saturated carbocycles. The lowest BCUT2D eigenvalue weighted by molar-refractivity contribution is 0.0842. The number of pyridine rings is 2. The van der Waals surface area contributed by atoms with E-state index in [1.165, 1.54) is 18.0 Å². The quantitative estimate of drug-likeness (QED) is 0.252. The fourth-order valence-corrected chi connectivity index (χ4v) is 5.12. The summed E-state index contributed by atoms with van der Waals surface area (Å²) in [6.45, 7) is 5.24. The molecule has 1 aromatic carbocycles. The second kappa shape index (κ2) is 11.1. The maximum atomic E-state index is 15.2. The predicted octanol–water partition coefficient (Wildman–Crippen LogP) is 6.21. The van der Waals surface area contributed by atoms with Gasteiger partial charge in [-0.3, -0.25) is 5.41 Å². The molecule has 35 heavy (non-hydrogen) atoms. The summed E-state index contributed by atoms with van der Waals surface area (Å²) in [5, 5.41) is 7.65. The fourth-order valence-electron chi connectivity index (χ4n) is 4.42. The molecule has 0 bridgehead atoms. The van der Waals surface area contributed by atoms with E-state index in [1.807, 2.05) is 26.0 Å². The van der Waals surface area contributed by atoms with Gasteiger partial charge in [0.2, 0.25) is 5.95 Å². The number of nitrogens with two attached hydrogens (primary N) is 1. The van der Waals surface area contributed by atoms with Crippen molar-refractivity contribution in [1.29, 1.82) is 5.41 Å². The molecule has 4 heterocycles. The molecule has 9 heteroatoms. The van der Waals surface area contributed by atoms with Gasteiger partial charge in [-0.05, 0) is 48.7 Å². The van der Waals surface area contributed by atoms with Gasteiger partial charge in [-0.1, -0.05) is 31.7 Å². The molecule has 1 saturated heterocycles. The van der Waals surface area contributed by atoms with Gasteiger partial charge in [0.15, 0.2) is 10.9 Å². The lowest BCUT2D eigenvalue weighted by Crippen LogP contribution is -2.20. The van der Waals surface area contributed by atoms with Crippen LogP contribution in [0.15, 0.2) is 42.6 Å². The molecule has 2 aromatic heterocycles. The van der Waals surface area contributed by atoms with Gasteiger partial charge in [0.1, 0.15) is 5.75 Å². The number of amidine groups is 1. The van der Waals surface area contributed by atoms with E-state index in [9.17, 15) is 4.39 Å². The molecule has 0 aliphatic carbocycles. The van der Waals surface area contributed by atoms with Crippen molar-refractivity contribution in [3.8, 4) is 22.6 Å². The minimum absolute atomic E-state index is 0.0294. The van der Waals surface area contributed by atoms with Crippen LogP contribution < -0.4 is 10.5 Å². The molecule has 3 N–H and O–H groups in total. The SMILES string of the molecule is CC.N=C(N)SCC1c2cc(-c3cccnc3F)ccc2Oc2c1cc(C1CCOCC1)nc2F. The molecule has 1 atom stereocenters. The van der Waals surface area contributed by atoms with Crippen molar-refractivity contribution in [2.75, 3.05) is 19.0 Å². The zero-order valence-corrected chi connectivity index (χ0v) is 20.5. The van der Waals surface area contributed by atoms with E-state index in [4.69, 9.17) is 20.6 Å². The molecule has 1 fully saturated rings. The summed E-state index contributed by atoms with van der Waals surface area (Å²) >= 11 is 1.17. The van der Waals surface area contributed by atoms with Crippen LogP contribution in [-0.4, -0.2) is 34.1 Å². The van der Waals surface area contributed by atoms with Crippen LogP contribution in [0.3, 0.4) is 0 Å². The van der Waals surface area contributed by atoms with Gasteiger partial charge in [0.05, 0.1) is 0 Å². The largest absolute Gasteiger partial charge is 0.452 e. The smallest absolute Gasteiger partial charge is 0.256 e. The number of hydrogen-bond acceptors (Lipinski definition) is 6. The number of hydrogen-bond donors (Lipinski definition) is 2. The van der Waals surface area contributed by atoms with Crippen molar-refractivity contribution in [2.24, 2.45) is 5.73 Å². The monoisotopic (exact) mass is 498 g/mol. The van der Waals surface area contributed by atoms with E-state index in [1.54, 1.807) is 24.3 Å². The van der Waals surface area contributed by atoms with Crippen LogP contribution in [0.5, 0.6) is 11.5 Å². The van der Waals surface area contributed by atoms with Crippen molar-refractivity contribution in [2.45, 2.75) is 38.5 Å². The van der Waals surface area contributed by atoms with Crippen LogP contribution in [0.25, 0.3) is 11.1 Å². The molecular formula is C26H28F2N4O2S. The molecule has 0 amide bonds. The third-order valence-corrected chi connectivity index (χ3v) is 6.88. The van der Waals surface area contributed by atoms with Crippen molar-refractivity contribution in [3.63, 3.8) is 0 Å². The topological polar surface area (TPSA) is 94.1 Å². The number of halogens is 2. The zero-order chi connectivity index (χ0) is 24.9. The van der Waals surface area contributed by atoms with E-state index in [0.29, 0.717) is 47.1 Å². The molecule has 0 spiro atoms. The molecule has 184 valence electrons. The Morgan fingerprint density at radius 2 is 1.89 bits per heavy atom. The lowest BCUT2D eigenvalue weighted by Gasteiger charge is -2.30. The summed E-state index contributed by atoms with van der Waals surface area (Å²) in [5.74, 6) is -0.447. The predicted molar refractivity (Wildman–Crippen MR) is 134 cm³/mol. The second-order valence-corrected chi connectivity index (χ2v) is 9.13. The maximum Gasteiger partial charge on any atom is 0.256 e. The molecule has 2 aliphatic heterocycles. The Balaban J connectivity index is 0.00000141. The maximum absolute atomic E-state index is 15.2. The van der Waals surface area contributed by atoms with E-state index in [0.717, 1.165) is 18.4 Å². The molecule has 0 radical (unpaired) electrons. The number of benzene rings is 1. The molecule has 1 unspecified atom stereocenters.